The van der Waals surface area contributed by atoms with E-state index in [0.717, 1.165) is 38.5 Å². The molecule has 0 amide bonds. The molecular formula is C45H70O16. The van der Waals surface area contributed by atoms with Gasteiger partial charge in [-0.2, -0.15) is 0 Å². The van der Waals surface area contributed by atoms with Gasteiger partial charge >= 0.3 is 11.9 Å². The van der Waals surface area contributed by atoms with E-state index in [4.69, 9.17) is 28.8 Å². The highest BCUT2D eigenvalue weighted by Gasteiger charge is 2.69. The number of rotatable bonds is 10. The molecule has 0 spiro atoms. The lowest BCUT2D eigenvalue weighted by Crippen LogP contribution is -2.67. The third-order valence-electron chi connectivity index (χ3n) is 17.4. The highest BCUT2D eigenvalue weighted by atomic mass is 16.7. The van der Waals surface area contributed by atoms with E-state index in [1.165, 1.54) is 11.1 Å². The summed E-state index contributed by atoms with van der Waals surface area (Å²) in [5.74, 6) is -2.49. The number of carboxylic acids is 1. The topological polar surface area (TPSA) is 262 Å². The molecule has 2 saturated heterocycles. The fourth-order valence-corrected chi connectivity index (χ4v) is 13.4. The quantitative estimate of drug-likeness (QED) is 0.0860. The minimum Gasteiger partial charge on any atom is -0.481 e. The molecule has 19 atom stereocenters. The predicted molar refractivity (Wildman–Crippen MR) is 215 cm³/mol. The first-order chi connectivity index (χ1) is 28.4. The molecule has 346 valence electrons. The van der Waals surface area contributed by atoms with E-state index < -0.39 is 109 Å². The minimum absolute atomic E-state index is 0.0287. The molecule has 0 aromatic rings. The summed E-state index contributed by atoms with van der Waals surface area (Å²) in [6.07, 6.45) is -7.31. The van der Waals surface area contributed by atoms with Gasteiger partial charge in [0.15, 0.2) is 12.6 Å². The normalized spacial score (nSPS) is 50.5. The van der Waals surface area contributed by atoms with Crippen LogP contribution < -0.4 is 0 Å². The van der Waals surface area contributed by atoms with E-state index in [2.05, 4.69) is 46.8 Å². The number of fused-ring (bicyclic) bond motifs is 6. The molecule has 0 aromatic carbocycles. The number of esters is 1. The largest absolute Gasteiger partial charge is 0.481 e. The summed E-state index contributed by atoms with van der Waals surface area (Å²) in [6, 6.07) is 0. The number of aliphatic hydroxyl groups excluding tert-OH is 8. The average Bonchev–Trinajstić information content (AvgIpc) is 3.19. The molecule has 5 aliphatic carbocycles. The molecule has 5 fully saturated rings. The Bertz CT molecular complexity index is 1730. The van der Waals surface area contributed by atoms with Gasteiger partial charge in [0.25, 0.3) is 0 Å². The minimum atomic E-state index is -1.87. The standard InChI is InChI=1S/C45H70O16/c1-22-32(52)37(61-38-35(55)34(54)33(53)25(59-38)19-57-31(51)16-30(49)50)36(56)39(58-22)60-29-11-12-41(4)26(42(29,5)20-46)10-13-43(6)27(41)9-8-23-24-17-40(2,3)14-15-45(24,21-47)28(48)18-44(23,43)7/h8-9,22,25-29,32-39,46-48,52-56H,10-21H2,1-7H3,(H,49,50)/t22-,25-,26-,27-,28+,29+,32+,33-,34+,35-,36-,37+,38+,39+,41+,42+,43-,44-,45-/m1/s1. The van der Waals surface area contributed by atoms with Crippen molar-refractivity contribution < 1.29 is 79.2 Å². The fourth-order valence-electron chi connectivity index (χ4n) is 13.4. The van der Waals surface area contributed by atoms with Crippen LogP contribution in [0.2, 0.25) is 0 Å². The lowest BCUT2D eigenvalue weighted by atomic mass is 9.35. The van der Waals surface area contributed by atoms with E-state index in [0.29, 0.717) is 12.8 Å². The Morgan fingerprint density at radius 3 is 2.15 bits per heavy atom. The van der Waals surface area contributed by atoms with Crippen molar-refractivity contribution in [1.29, 1.82) is 0 Å². The number of aliphatic hydroxyl groups is 8. The van der Waals surface area contributed by atoms with Crippen LogP contribution in [-0.2, 0) is 33.3 Å². The van der Waals surface area contributed by atoms with Crippen molar-refractivity contribution in [3.8, 4) is 0 Å². The Hall–Kier alpha value is -2.06. The number of ether oxygens (including phenoxy) is 5. The Labute approximate surface area is 357 Å². The van der Waals surface area contributed by atoms with Crippen molar-refractivity contribution in [2.24, 2.45) is 44.3 Å². The van der Waals surface area contributed by atoms with Crippen molar-refractivity contribution in [2.75, 3.05) is 19.8 Å². The summed E-state index contributed by atoms with van der Waals surface area (Å²) < 4.78 is 29.1. The van der Waals surface area contributed by atoms with Crippen LogP contribution in [0.3, 0.4) is 0 Å². The highest BCUT2D eigenvalue weighted by Crippen LogP contribution is 2.74. The molecule has 16 nitrogen and oxygen atoms in total. The van der Waals surface area contributed by atoms with Gasteiger partial charge < -0.3 is 69.6 Å². The van der Waals surface area contributed by atoms with Gasteiger partial charge in [-0.1, -0.05) is 59.3 Å². The first-order valence-corrected chi connectivity index (χ1v) is 22.1. The second-order valence-corrected chi connectivity index (χ2v) is 21.3. The first-order valence-electron chi connectivity index (χ1n) is 22.1. The van der Waals surface area contributed by atoms with E-state index in [-0.39, 0.29) is 46.7 Å². The number of hydrogen-bond donors (Lipinski definition) is 9. The summed E-state index contributed by atoms with van der Waals surface area (Å²) in [5.41, 5.74) is 0.201. The van der Waals surface area contributed by atoms with Gasteiger partial charge in [-0.3, -0.25) is 9.59 Å². The van der Waals surface area contributed by atoms with Gasteiger partial charge in [0, 0.05) is 16.2 Å². The van der Waals surface area contributed by atoms with Crippen molar-refractivity contribution >= 4 is 11.9 Å². The summed E-state index contributed by atoms with van der Waals surface area (Å²) in [5, 5.41) is 97.9. The Kier molecular flexibility index (Phi) is 12.6. The van der Waals surface area contributed by atoms with Crippen LogP contribution in [-0.4, -0.2) is 151 Å². The second kappa shape index (κ2) is 16.4. The van der Waals surface area contributed by atoms with E-state index in [1.807, 2.05) is 6.92 Å². The second-order valence-electron chi connectivity index (χ2n) is 21.3. The average molecular weight is 867 g/mol. The molecule has 61 heavy (non-hydrogen) atoms. The Balaban J connectivity index is 1.11. The molecular weight excluding hydrogens is 796 g/mol. The number of carbonyl (C=O) groups excluding carboxylic acids is 1. The molecule has 9 N–H and O–H groups in total. The van der Waals surface area contributed by atoms with E-state index >= 15 is 0 Å². The number of carboxylic acid groups (broad SMARTS) is 1. The van der Waals surface area contributed by atoms with Gasteiger partial charge in [-0.15, -0.1) is 0 Å². The van der Waals surface area contributed by atoms with E-state index in [1.54, 1.807) is 6.92 Å². The number of allylic oxidation sites excluding steroid dienone is 3. The molecule has 7 aliphatic rings. The van der Waals surface area contributed by atoms with Gasteiger partial charge in [0.2, 0.25) is 0 Å². The fraction of sp³-hybridized carbons (Fsp3) is 0.867. The molecule has 7 rings (SSSR count). The lowest BCUT2D eigenvalue weighted by Gasteiger charge is -2.70. The molecule has 0 unspecified atom stereocenters. The number of aliphatic carboxylic acids is 1. The summed E-state index contributed by atoms with van der Waals surface area (Å²) in [4.78, 5) is 22.7. The molecule has 2 heterocycles. The van der Waals surface area contributed by atoms with Crippen molar-refractivity contribution in [1.82, 2.24) is 0 Å². The molecule has 3 saturated carbocycles. The summed E-state index contributed by atoms with van der Waals surface area (Å²) >= 11 is 0. The van der Waals surface area contributed by atoms with Crippen molar-refractivity contribution in [2.45, 2.75) is 180 Å². The van der Waals surface area contributed by atoms with Crippen molar-refractivity contribution in [3.63, 3.8) is 0 Å². The maximum absolute atomic E-state index is 12.0. The third kappa shape index (κ3) is 7.46. The van der Waals surface area contributed by atoms with Crippen molar-refractivity contribution in [3.05, 3.63) is 23.3 Å². The molecule has 2 aliphatic heterocycles. The smallest absolute Gasteiger partial charge is 0.317 e. The van der Waals surface area contributed by atoms with E-state index in [9.17, 15) is 50.4 Å². The maximum Gasteiger partial charge on any atom is 0.317 e. The Morgan fingerprint density at radius 2 is 1.49 bits per heavy atom. The number of carbonyl (C=O) groups is 2. The third-order valence-corrected chi connectivity index (χ3v) is 17.4. The maximum atomic E-state index is 12.0. The molecule has 0 aromatic heterocycles. The predicted octanol–water partition coefficient (Wildman–Crippen LogP) is 1.71. The zero-order valence-electron chi connectivity index (χ0n) is 36.6. The van der Waals surface area contributed by atoms with Gasteiger partial charge in [0.05, 0.1) is 31.5 Å². The molecule has 0 radical (unpaired) electrons. The number of hydrogen-bond acceptors (Lipinski definition) is 15. The van der Waals surface area contributed by atoms with Crippen LogP contribution in [0.1, 0.15) is 106 Å². The summed E-state index contributed by atoms with van der Waals surface area (Å²) in [7, 11) is 0. The van der Waals surface area contributed by atoms with Crippen LogP contribution >= 0.6 is 0 Å². The van der Waals surface area contributed by atoms with Gasteiger partial charge in [-0.05, 0) is 91.9 Å². The highest BCUT2D eigenvalue weighted by molar-refractivity contribution is 5.90. The van der Waals surface area contributed by atoms with Gasteiger partial charge in [0.1, 0.15) is 55.8 Å². The van der Waals surface area contributed by atoms with Crippen LogP contribution in [0.5, 0.6) is 0 Å². The summed E-state index contributed by atoms with van der Waals surface area (Å²) in [6.45, 7) is 14.1. The zero-order valence-corrected chi connectivity index (χ0v) is 36.6. The SMILES string of the molecule is C[C@H]1O[C@@H](O[C@H]2CC[C@@]3(C)[C@@H](CC[C@]4(C)[C@@H]3C=CC3=C5CC(C)(C)CC[C@]5(CO)[C@@H](O)C[C@]34C)[C@]2(C)CO)[C@H](O)[C@@H](O[C@@H]2O[C@H](COC(=O)CC(=O)O)[C@@H](O)[C@H](O)[C@H]2O)[C@H]1O. The van der Waals surface area contributed by atoms with Crippen LogP contribution in [0.15, 0.2) is 23.3 Å². The van der Waals surface area contributed by atoms with Crippen LogP contribution in [0.4, 0.5) is 0 Å². The Morgan fingerprint density at radius 1 is 0.803 bits per heavy atom. The first kappa shape index (κ1) is 46.9. The molecule has 16 heteroatoms. The monoisotopic (exact) mass is 866 g/mol. The van der Waals surface area contributed by atoms with Crippen LogP contribution in [0, 0.1) is 44.3 Å². The van der Waals surface area contributed by atoms with Crippen LogP contribution in [0.25, 0.3) is 0 Å². The molecule has 0 bridgehead atoms. The zero-order chi connectivity index (χ0) is 44.8. The van der Waals surface area contributed by atoms with Gasteiger partial charge in [-0.25, -0.2) is 0 Å². The lowest BCUT2D eigenvalue weighted by molar-refractivity contribution is -0.367.